The van der Waals surface area contributed by atoms with Crippen LogP contribution in [0.3, 0.4) is 0 Å². The van der Waals surface area contributed by atoms with Crippen LogP contribution in [0.5, 0.6) is 0 Å². The number of alkyl halides is 1. The summed E-state index contributed by atoms with van der Waals surface area (Å²) in [5.41, 5.74) is 1.02. The molecule has 0 N–H and O–H groups in total. The molecule has 1 aromatic rings. The molecule has 6 heteroatoms. The van der Waals surface area contributed by atoms with Crippen LogP contribution in [0.4, 0.5) is 0 Å². The van der Waals surface area contributed by atoms with E-state index in [2.05, 4.69) is 15.9 Å². The zero-order valence-corrected chi connectivity index (χ0v) is 12.1. The van der Waals surface area contributed by atoms with Crippen molar-refractivity contribution in [2.24, 2.45) is 0 Å². The second-order valence-corrected chi connectivity index (χ2v) is 6.56. The average Bonchev–Trinajstić information content (AvgIpc) is 2.25. The lowest BCUT2D eigenvalue weighted by atomic mass is 10.2. The van der Waals surface area contributed by atoms with E-state index in [1.807, 2.05) is 6.92 Å². The molecule has 16 heavy (non-hydrogen) atoms. The van der Waals surface area contributed by atoms with Crippen LogP contribution in [0.1, 0.15) is 12.0 Å². The van der Waals surface area contributed by atoms with E-state index in [1.54, 1.807) is 24.3 Å². The lowest BCUT2D eigenvalue weighted by Gasteiger charge is -2.03. The molecule has 90 valence electrons. The number of hydrogen-bond acceptors (Lipinski definition) is 4. The van der Waals surface area contributed by atoms with Gasteiger partial charge in [-0.2, -0.15) is 12.0 Å². The SMILES string of the molecule is Cc1ccc(S(=O)(=O)OSCCCBr)cc1. The van der Waals surface area contributed by atoms with Gasteiger partial charge >= 0.3 is 10.1 Å². The van der Waals surface area contributed by atoms with Gasteiger partial charge in [-0.3, -0.25) is 0 Å². The molecule has 3 nitrogen and oxygen atoms in total. The molecule has 0 aliphatic carbocycles. The number of halogens is 1. The van der Waals surface area contributed by atoms with E-state index in [0.29, 0.717) is 5.75 Å². The van der Waals surface area contributed by atoms with Crippen molar-refractivity contribution in [3.8, 4) is 0 Å². The molecule has 0 spiro atoms. The van der Waals surface area contributed by atoms with E-state index in [-0.39, 0.29) is 4.90 Å². The van der Waals surface area contributed by atoms with Crippen molar-refractivity contribution in [2.45, 2.75) is 18.2 Å². The smallest absolute Gasteiger partial charge is 0.194 e. The van der Waals surface area contributed by atoms with E-state index in [4.69, 9.17) is 3.63 Å². The van der Waals surface area contributed by atoms with Crippen molar-refractivity contribution in [3.63, 3.8) is 0 Å². The standard InChI is InChI=1S/C10H13BrO3S2/c1-9-3-5-10(6-4-9)16(12,13)14-15-8-2-7-11/h3-6H,2,7-8H2,1H3. The highest BCUT2D eigenvalue weighted by molar-refractivity contribution is 9.09. The van der Waals surface area contributed by atoms with E-state index in [9.17, 15) is 8.42 Å². The maximum absolute atomic E-state index is 11.7. The fraction of sp³-hybridized carbons (Fsp3) is 0.400. The van der Waals surface area contributed by atoms with Crippen LogP contribution in [-0.4, -0.2) is 19.5 Å². The second-order valence-electron chi connectivity index (χ2n) is 3.20. The third-order valence-electron chi connectivity index (χ3n) is 1.81. The lowest BCUT2D eigenvalue weighted by Crippen LogP contribution is -2.02. The Bertz CT molecular complexity index is 414. The Balaban J connectivity index is 2.60. The largest absolute Gasteiger partial charge is 0.307 e. The number of rotatable bonds is 6. The van der Waals surface area contributed by atoms with Crippen LogP contribution < -0.4 is 0 Å². The highest BCUT2D eigenvalue weighted by Gasteiger charge is 2.14. The molecule has 0 amide bonds. The van der Waals surface area contributed by atoms with Gasteiger partial charge in [-0.15, -0.1) is 0 Å². The minimum Gasteiger partial charge on any atom is -0.194 e. The summed E-state index contributed by atoms with van der Waals surface area (Å²) in [4.78, 5) is 0.199. The topological polar surface area (TPSA) is 43.4 Å². The van der Waals surface area contributed by atoms with Gasteiger partial charge in [-0.05, 0) is 25.5 Å². The fourth-order valence-corrected chi connectivity index (χ4v) is 3.43. The Morgan fingerprint density at radius 1 is 1.31 bits per heavy atom. The monoisotopic (exact) mass is 324 g/mol. The number of benzene rings is 1. The molecule has 1 rings (SSSR count). The minimum absolute atomic E-state index is 0.199. The third kappa shape index (κ3) is 4.45. The van der Waals surface area contributed by atoms with Gasteiger partial charge < -0.3 is 0 Å². The van der Waals surface area contributed by atoms with Crippen LogP contribution in [0.15, 0.2) is 29.2 Å². The van der Waals surface area contributed by atoms with Crippen molar-refractivity contribution in [1.29, 1.82) is 0 Å². The summed E-state index contributed by atoms with van der Waals surface area (Å²) in [5, 5.41) is 0.841. The van der Waals surface area contributed by atoms with Crippen molar-refractivity contribution in [1.82, 2.24) is 0 Å². The molecule has 0 aromatic heterocycles. The Kier molecular flexibility index (Phi) is 5.82. The molecule has 0 unspecified atom stereocenters. The van der Waals surface area contributed by atoms with Crippen LogP contribution in [-0.2, 0) is 13.7 Å². The summed E-state index contributed by atoms with van der Waals surface area (Å²) in [6.45, 7) is 1.90. The first-order valence-electron chi connectivity index (χ1n) is 4.75. The average molecular weight is 325 g/mol. The molecule has 0 fully saturated rings. The quantitative estimate of drug-likeness (QED) is 0.458. The van der Waals surface area contributed by atoms with Crippen LogP contribution in [0.25, 0.3) is 0 Å². The fourth-order valence-electron chi connectivity index (χ4n) is 0.955. The molecule has 0 heterocycles. The molecule has 0 saturated heterocycles. The van der Waals surface area contributed by atoms with Crippen molar-refractivity contribution in [2.75, 3.05) is 11.1 Å². The van der Waals surface area contributed by atoms with Gasteiger partial charge in [0, 0.05) is 23.1 Å². The van der Waals surface area contributed by atoms with Gasteiger partial charge in [0.2, 0.25) is 0 Å². The van der Waals surface area contributed by atoms with Gasteiger partial charge in [-0.25, -0.2) is 0 Å². The highest BCUT2D eigenvalue weighted by atomic mass is 79.9. The second kappa shape index (κ2) is 6.64. The number of hydrogen-bond donors (Lipinski definition) is 0. The molecule has 1 aromatic carbocycles. The van der Waals surface area contributed by atoms with Crippen LogP contribution in [0.2, 0.25) is 0 Å². The first-order chi connectivity index (χ1) is 7.56. The van der Waals surface area contributed by atoms with Gasteiger partial charge in [0.15, 0.2) is 0 Å². The van der Waals surface area contributed by atoms with Gasteiger partial charge in [0.25, 0.3) is 0 Å². The minimum atomic E-state index is -3.61. The number of aryl methyl sites for hydroxylation is 1. The third-order valence-corrected chi connectivity index (χ3v) is 4.78. The Morgan fingerprint density at radius 2 is 1.94 bits per heavy atom. The van der Waals surface area contributed by atoms with Crippen LogP contribution >= 0.6 is 28.0 Å². The summed E-state index contributed by atoms with van der Waals surface area (Å²) >= 11 is 4.23. The van der Waals surface area contributed by atoms with E-state index >= 15 is 0 Å². The Labute approximate surface area is 109 Å². The molecule has 0 atom stereocenters. The Morgan fingerprint density at radius 3 is 2.50 bits per heavy atom. The maximum atomic E-state index is 11.7. The predicted octanol–water partition coefficient (Wildman–Crippen LogP) is 3.13. The molecule has 0 radical (unpaired) electrons. The van der Waals surface area contributed by atoms with Gasteiger partial charge in [0.05, 0.1) is 4.90 Å². The van der Waals surface area contributed by atoms with Crippen molar-refractivity contribution in [3.05, 3.63) is 29.8 Å². The molecule has 0 aliphatic rings. The summed E-state index contributed by atoms with van der Waals surface area (Å²) in [7, 11) is -3.61. The van der Waals surface area contributed by atoms with Gasteiger partial charge in [-0.1, -0.05) is 33.6 Å². The molecule has 0 saturated carbocycles. The summed E-state index contributed by atoms with van der Waals surface area (Å²) in [5.74, 6) is 0.649. The first-order valence-corrected chi connectivity index (χ1v) is 8.19. The Hall–Kier alpha value is -0.0400. The molecular weight excluding hydrogens is 312 g/mol. The van der Waals surface area contributed by atoms with Crippen LogP contribution in [0, 0.1) is 6.92 Å². The molecule has 0 bridgehead atoms. The van der Waals surface area contributed by atoms with Gasteiger partial charge in [0.1, 0.15) is 0 Å². The van der Waals surface area contributed by atoms with E-state index in [0.717, 1.165) is 29.4 Å². The maximum Gasteiger partial charge on any atom is 0.307 e. The van der Waals surface area contributed by atoms with Crippen molar-refractivity contribution >= 4 is 38.1 Å². The van der Waals surface area contributed by atoms with Crippen molar-refractivity contribution < 1.29 is 12.0 Å². The molecule has 0 aliphatic heterocycles. The first kappa shape index (κ1) is 14.0. The van der Waals surface area contributed by atoms with E-state index < -0.39 is 10.1 Å². The summed E-state index contributed by atoms with van der Waals surface area (Å²) in [6.07, 6.45) is 0.869. The predicted molar refractivity (Wildman–Crippen MR) is 70.3 cm³/mol. The lowest BCUT2D eigenvalue weighted by molar-refractivity contribution is 0.518. The normalized spacial score (nSPS) is 11.6. The summed E-state index contributed by atoms with van der Waals surface area (Å²) in [6, 6.07) is 6.60. The highest BCUT2D eigenvalue weighted by Crippen LogP contribution is 2.19. The van der Waals surface area contributed by atoms with E-state index in [1.165, 1.54) is 0 Å². The molecular formula is C10H13BrO3S2. The zero-order valence-electron chi connectivity index (χ0n) is 8.85. The zero-order chi connectivity index (χ0) is 12.0. The summed E-state index contributed by atoms with van der Waals surface area (Å²) < 4.78 is 28.1.